The van der Waals surface area contributed by atoms with E-state index in [4.69, 9.17) is 5.11 Å². The second-order valence-corrected chi connectivity index (χ2v) is 1.47. The molecule has 3 heteroatoms. The van der Waals surface area contributed by atoms with Gasteiger partial charge in [0.25, 0.3) is 0 Å². The van der Waals surface area contributed by atoms with Gasteiger partial charge in [0.15, 0.2) is 0 Å². The van der Waals surface area contributed by atoms with Crippen LogP contribution in [0.2, 0.25) is 0 Å². The van der Waals surface area contributed by atoms with Gasteiger partial charge in [-0.05, 0) is 6.92 Å². The van der Waals surface area contributed by atoms with Crippen LogP contribution in [-0.4, -0.2) is 25.0 Å². The fourth-order valence-corrected chi connectivity index (χ4v) is 0.456. The minimum Gasteiger partial charge on any atom is -0.392 e. The van der Waals surface area contributed by atoms with Crippen LogP contribution in [0.3, 0.4) is 0 Å². The van der Waals surface area contributed by atoms with E-state index in [0.717, 1.165) is 0 Å². The number of nitrogens with one attached hydrogen (secondary N) is 1. The maximum atomic E-state index is 8.57. The maximum absolute atomic E-state index is 8.57. The first-order chi connectivity index (χ1) is 4.35. The highest BCUT2D eigenvalue weighted by Gasteiger charge is 1.84. The Labute approximate surface area is 55.1 Å². The molecule has 0 radical (unpaired) electrons. The van der Waals surface area contributed by atoms with E-state index in [1.54, 1.807) is 26.4 Å². The molecule has 0 aliphatic carbocycles. The Kier molecular flexibility index (Phi) is 4.82. The third kappa shape index (κ3) is 3.73. The van der Waals surface area contributed by atoms with Crippen LogP contribution in [0.25, 0.3) is 0 Å². The Bertz CT molecular complexity index is 118. The summed E-state index contributed by atoms with van der Waals surface area (Å²) < 4.78 is 0. The van der Waals surface area contributed by atoms with Crippen molar-refractivity contribution in [2.75, 3.05) is 13.7 Å². The maximum Gasteiger partial charge on any atom is 0.0867 e. The number of aliphatic hydroxyl groups excluding tert-OH is 1. The van der Waals surface area contributed by atoms with Crippen molar-refractivity contribution in [3.8, 4) is 0 Å². The van der Waals surface area contributed by atoms with Crippen molar-refractivity contribution < 1.29 is 5.11 Å². The summed E-state index contributed by atoms with van der Waals surface area (Å²) in [7, 11) is 1.76. The van der Waals surface area contributed by atoms with E-state index in [0.29, 0.717) is 5.70 Å². The van der Waals surface area contributed by atoms with Crippen molar-refractivity contribution in [3.63, 3.8) is 0 Å². The van der Waals surface area contributed by atoms with Crippen molar-refractivity contribution in [2.24, 2.45) is 4.99 Å². The van der Waals surface area contributed by atoms with Gasteiger partial charge in [0.2, 0.25) is 0 Å². The molecule has 0 atom stereocenters. The first kappa shape index (κ1) is 8.17. The lowest BCUT2D eigenvalue weighted by molar-refractivity contribution is 0.329. The smallest absolute Gasteiger partial charge is 0.0867 e. The normalized spacial score (nSPS) is 12.6. The van der Waals surface area contributed by atoms with Crippen LogP contribution in [0.5, 0.6) is 0 Å². The molecule has 52 valence electrons. The van der Waals surface area contributed by atoms with Gasteiger partial charge >= 0.3 is 0 Å². The predicted octanol–water partition coefficient (Wildman–Crippen LogP) is 0.130. The lowest BCUT2D eigenvalue weighted by Gasteiger charge is -1.93. The Morgan fingerprint density at radius 1 is 1.78 bits per heavy atom. The Hall–Kier alpha value is -0.830. The zero-order valence-corrected chi connectivity index (χ0v) is 5.76. The van der Waals surface area contributed by atoms with Gasteiger partial charge < -0.3 is 10.4 Å². The fraction of sp³-hybridized carbons (Fsp3) is 0.500. The minimum atomic E-state index is -0.0226. The quantitative estimate of drug-likeness (QED) is 0.531. The van der Waals surface area contributed by atoms with Crippen LogP contribution in [0.4, 0.5) is 0 Å². The Balaban J connectivity index is 3.81. The summed E-state index contributed by atoms with van der Waals surface area (Å²) >= 11 is 0. The van der Waals surface area contributed by atoms with E-state index in [-0.39, 0.29) is 6.61 Å². The summed E-state index contributed by atoms with van der Waals surface area (Å²) in [6, 6.07) is 0. The zero-order valence-electron chi connectivity index (χ0n) is 5.76. The minimum absolute atomic E-state index is 0.0226. The van der Waals surface area contributed by atoms with E-state index < -0.39 is 0 Å². The third-order valence-corrected chi connectivity index (χ3v) is 0.768. The average molecular weight is 128 g/mol. The summed E-state index contributed by atoms with van der Waals surface area (Å²) in [5.74, 6) is 0. The first-order valence-corrected chi connectivity index (χ1v) is 2.81. The molecule has 0 fully saturated rings. The van der Waals surface area contributed by atoms with Crippen molar-refractivity contribution in [1.29, 1.82) is 0 Å². The average Bonchev–Trinajstić information content (AvgIpc) is 1.88. The second-order valence-electron chi connectivity index (χ2n) is 1.47. The molecular weight excluding hydrogens is 116 g/mol. The summed E-state index contributed by atoms with van der Waals surface area (Å²) in [6.07, 6.45) is 3.29. The van der Waals surface area contributed by atoms with E-state index in [2.05, 4.69) is 10.3 Å². The van der Waals surface area contributed by atoms with Gasteiger partial charge in [-0.15, -0.1) is 0 Å². The largest absolute Gasteiger partial charge is 0.392 e. The standard InChI is InChI=1S/C6H12N2O/c1-3-8-6(5-9)4-7-2/h3-4,7,9H,5H2,1-2H3/b6-4-,8-3-. The molecule has 0 heterocycles. The molecule has 0 aromatic heterocycles. The molecule has 0 aliphatic heterocycles. The Morgan fingerprint density at radius 3 is 2.78 bits per heavy atom. The van der Waals surface area contributed by atoms with E-state index in [1.807, 2.05) is 0 Å². The van der Waals surface area contributed by atoms with Gasteiger partial charge in [0.05, 0.1) is 12.3 Å². The van der Waals surface area contributed by atoms with Crippen LogP contribution in [0, 0.1) is 0 Å². The van der Waals surface area contributed by atoms with E-state index in [9.17, 15) is 0 Å². The summed E-state index contributed by atoms with van der Waals surface area (Å²) in [5, 5.41) is 11.3. The number of nitrogens with zero attached hydrogens (tertiary/aromatic N) is 1. The van der Waals surface area contributed by atoms with Crippen LogP contribution in [-0.2, 0) is 0 Å². The first-order valence-electron chi connectivity index (χ1n) is 2.81. The molecular formula is C6H12N2O. The highest BCUT2D eigenvalue weighted by molar-refractivity contribution is 5.55. The lowest BCUT2D eigenvalue weighted by atomic mass is 10.5. The van der Waals surface area contributed by atoms with Crippen LogP contribution < -0.4 is 5.32 Å². The van der Waals surface area contributed by atoms with E-state index >= 15 is 0 Å². The molecule has 0 aromatic rings. The van der Waals surface area contributed by atoms with Gasteiger partial charge in [-0.1, -0.05) is 0 Å². The topological polar surface area (TPSA) is 44.6 Å². The molecule has 9 heavy (non-hydrogen) atoms. The van der Waals surface area contributed by atoms with Crippen LogP contribution >= 0.6 is 0 Å². The molecule has 0 saturated heterocycles. The summed E-state index contributed by atoms with van der Waals surface area (Å²) in [4.78, 5) is 3.86. The van der Waals surface area contributed by atoms with Gasteiger partial charge in [-0.2, -0.15) is 0 Å². The molecule has 3 nitrogen and oxygen atoms in total. The SMILES string of the molecule is C/C=N\C(=C/NC)CO. The zero-order chi connectivity index (χ0) is 7.11. The van der Waals surface area contributed by atoms with Crippen LogP contribution in [0.1, 0.15) is 6.92 Å². The molecule has 0 rings (SSSR count). The van der Waals surface area contributed by atoms with Crippen molar-refractivity contribution in [1.82, 2.24) is 5.32 Å². The van der Waals surface area contributed by atoms with Crippen molar-refractivity contribution in [3.05, 3.63) is 11.9 Å². The lowest BCUT2D eigenvalue weighted by Crippen LogP contribution is -1.97. The molecule has 0 amide bonds. The summed E-state index contributed by atoms with van der Waals surface area (Å²) in [5.41, 5.74) is 0.639. The predicted molar refractivity (Wildman–Crippen MR) is 38.4 cm³/mol. The third-order valence-electron chi connectivity index (χ3n) is 0.768. The highest BCUT2D eigenvalue weighted by atomic mass is 16.3. The number of hydrogen-bond donors (Lipinski definition) is 2. The number of hydrogen-bond acceptors (Lipinski definition) is 3. The molecule has 0 bridgehead atoms. The number of aliphatic imine (C=N–C) groups is 1. The second kappa shape index (κ2) is 5.31. The van der Waals surface area contributed by atoms with Crippen molar-refractivity contribution in [2.45, 2.75) is 6.92 Å². The molecule has 0 spiro atoms. The van der Waals surface area contributed by atoms with Gasteiger partial charge in [0, 0.05) is 19.5 Å². The fourth-order valence-electron chi connectivity index (χ4n) is 0.456. The Morgan fingerprint density at radius 2 is 2.44 bits per heavy atom. The molecule has 0 unspecified atom stereocenters. The molecule has 0 aromatic carbocycles. The van der Waals surface area contributed by atoms with Gasteiger partial charge in [0.1, 0.15) is 0 Å². The summed E-state index contributed by atoms with van der Waals surface area (Å²) in [6.45, 7) is 1.78. The number of aliphatic hydroxyl groups is 1. The molecule has 0 saturated carbocycles. The molecule has 0 aliphatic rings. The highest BCUT2D eigenvalue weighted by Crippen LogP contribution is 1.89. The van der Waals surface area contributed by atoms with Crippen LogP contribution in [0.15, 0.2) is 16.9 Å². The van der Waals surface area contributed by atoms with Crippen molar-refractivity contribution >= 4 is 6.21 Å². The monoisotopic (exact) mass is 128 g/mol. The molecule has 2 N–H and O–H groups in total. The number of rotatable bonds is 3. The van der Waals surface area contributed by atoms with Gasteiger partial charge in [-0.3, -0.25) is 4.99 Å². The van der Waals surface area contributed by atoms with E-state index in [1.165, 1.54) is 0 Å². The van der Waals surface area contributed by atoms with Gasteiger partial charge in [-0.25, -0.2) is 0 Å².